The van der Waals surface area contributed by atoms with Crippen molar-refractivity contribution in [1.82, 2.24) is 10.1 Å². The summed E-state index contributed by atoms with van der Waals surface area (Å²) in [6, 6.07) is 10.0. The number of methoxy groups -OCH3 is 1. The van der Waals surface area contributed by atoms with Crippen LogP contribution in [0, 0.1) is 0 Å². The molecule has 3 aliphatic rings. The number of rotatable bonds is 8. The van der Waals surface area contributed by atoms with E-state index in [9.17, 15) is 18.0 Å². The summed E-state index contributed by atoms with van der Waals surface area (Å²) < 4.78 is 60.3. The molecule has 2 bridgehead atoms. The molecular weight excluding hydrogens is 515 g/mol. The number of aromatic nitrogens is 2. The van der Waals surface area contributed by atoms with Crippen LogP contribution in [0.1, 0.15) is 66.1 Å². The van der Waals surface area contributed by atoms with Gasteiger partial charge in [0.2, 0.25) is 0 Å². The van der Waals surface area contributed by atoms with Gasteiger partial charge in [0, 0.05) is 35.3 Å². The van der Waals surface area contributed by atoms with E-state index in [-0.39, 0.29) is 42.0 Å². The maximum Gasteiger partial charge on any atom is 0.573 e. The summed E-state index contributed by atoms with van der Waals surface area (Å²) in [5.74, 6) is 0.973. The van der Waals surface area contributed by atoms with Crippen LogP contribution in [0.15, 0.2) is 47.1 Å². The average molecular weight is 544 g/mol. The number of alkyl halides is 3. The number of nitrogens with zero attached hydrogens (tertiary/aromatic N) is 3. The highest BCUT2D eigenvalue weighted by molar-refractivity contribution is 5.89. The summed E-state index contributed by atoms with van der Waals surface area (Å²) in [4.78, 5) is 18.6. The van der Waals surface area contributed by atoms with E-state index in [1.807, 2.05) is 6.07 Å². The van der Waals surface area contributed by atoms with Crippen molar-refractivity contribution in [3.8, 4) is 17.0 Å². The highest BCUT2D eigenvalue weighted by Gasteiger charge is 2.42. The van der Waals surface area contributed by atoms with Gasteiger partial charge in [-0.2, -0.15) is 0 Å². The normalized spacial score (nSPS) is 22.7. The summed E-state index contributed by atoms with van der Waals surface area (Å²) >= 11 is 0. The van der Waals surface area contributed by atoms with E-state index in [1.54, 1.807) is 18.2 Å². The molecule has 0 amide bonds. The van der Waals surface area contributed by atoms with Gasteiger partial charge in [-0.1, -0.05) is 17.3 Å². The van der Waals surface area contributed by atoms with Crippen LogP contribution in [0.4, 0.5) is 19.0 Å². The van der Waals surface area contributed by atoms with Crippen molar-refractivity contribution in [3.05, 3.63) is 59.5 Å². The lowest BCUT2D eigenvalue weighted by molar-refractivity contribution is -0.274. The van der Waals surface area contributed by atoms with Crippen molar-refractivity contribution in [1.29, 1.82) is 0 Å². The van der Waals surface area contributed by atoms with Gasteiger partial charge in [0.1, 0.15) is 23.0 Å². The summed E-state index contributed by atoms with van der Waals surface area (Å²) in [7, 11) is 1.34. The molecule has 0 spiro atoms. The third-order valence-electron chi connectivity index (χ3n) is 7.72. The van der Waals surface area contributed by atoms with Crippen LogP contribution in [0.5, 0.6) is 5.75 Å². The van der Waals surface area contributed by atoms with E-state index >= 15 is 0 Å². The molecule has 1 aliphatic carbocycles. The molecule has 206 valence electrons. The minimum absolute atomic E-state index is 0.0236. The number of anilines is 1. The van der Waals surface area contributed by atoms with Gasteiger partial charge >= 0.3 is 12.3 Å². The van der Waals surface area contributed by atoms with Crippen molar-refractivity contribution in [2.75, 3.05) is 12.0 Å². The summed E-state index contributed by atoms with van der Waals surface area (Å²) in [6.07, 6.45) is 2.21. The zero-order chi connectivity index (χ0) is 27.1. The average Bonchev–Trinajstić information content (AvgIpc) is 3.62. The van der Waals surface area contributed by atoms with Crippen LogP contribution in [-0.2, 0) is 16.1 Å². The first kappa shape index (κ1) is 25.7. The number of fused-ring (bicyclic) bond motifs is 2. The van der Waals surface area contributed by atoms with Gasteiger partial charge in [-0.25, -0.2) is 9.78 Å². The van der Waals surface area contributed by atoms with E-state index in [0.29, 0.717) is 22.6 Å². The van der Waals surface area contributed by atoms with Crippen LogP contribution in [0.25, 0.3) is 11.3 Å². The molecule has 6 rings (SSSR count). The Labute approximate surface area is 223 Å². The smallest absolute Gasteiger partial charge is 0.465 e. The zero-order valence-corrected chi connectivity index (χ0v) is 21.3. The van der Waals surface area contributed by atoms with Gasteiger partial charge in [-0.05, 0) is 62.8 Å². The largest absolute Gasteiger partial charge is 0.573 e. The number of ether oxygens (including phenoxy) is 3. The van der Waals surface area contributed by atoms with Crippen molar-refractivity contribution in [2.24, 2.45) is 0 Å². The Hall–Kier alpha value is -3.60. The number of benzene rings is 1. The maximum absolute atomic E-state index is 13.1. The lowest BCUT2D eigenvalue weighted by Crippen LogP contribution is -2.46. The summed E-state index contributed by atoms with van der Waals surface area (Å²) in [5, 5.41) is 4.17. The molecule has 2 aliphatic heterocycles. The molecule has 3 atom stereocenters. The number of hydrogen-bond acceptors (Lipinski definition) is 8. The number of hydrogen-bond donors (Lipinski definition) is 0. The minimum Gasteiger partial charge on any atom is -0.465 e. The van der Waals surface area contributed by atoms with Gasteiger partial charge in [-0.15, -0.1) is 13.2 Å². The highest BCUT2D eigenvalue weighted by Crippen LogP contribution is 2.46. The molecule has 1 saturated carbocycles. The molecule has 8 nitrogen and oxygen atoms in total. The first-order valence-electron chi connectivity index (χ1n) is 13.1. The number of carbonyl (C=O) groups excluding carboxylic acids is 1. The lowest BCUT2D eigenvalue weighted by atomic mass is 9.99. The topological polar surface area (TPSA) is 86.9 Å². The minimum atomic E-state index is -4.82. The number of esters is 1. The van der Waals surface area contributed by atoms with Crippen molar-refractivity contribution < 1.29 is 36.7 Å². The predicted octanol–water partition coefficient (Wildman–Crippen LogP) is 6.02. The van der Waals surface area contributed by atoms with Crippen molar-refractivity contribution in [3.63, 3.8) is 0 Å². The van der Waals surface area contributed by atoms with E-state index < -0.39 is 12.3 Å². The van der Waals surface area contributed by atoms with E-state index in [4.69, 9.17) is 14.0 Å². The fraction of sp³-hybridized carbons (Fsp3) is 0.464. The zero-order valence-electron chi connectivity index (χ0n) is 21.3. The monoisotopic (exact) mass is 543 g/mol. The SMILES string of the molecule is COC(=O)c1ccc(N2C3CC[C@H]2CC(OCc2c(-c4ccccc4OC(F)(F)F)noc2C2CC2)C3)nc1. The Morgan fingerprint density at radius 1 is 1.08 bits per heavy atom. The van der Waals surface area contributed by atoms with Crippen molar-refractivity contribution in [2.45, 2.75) is 75.6 Å². The Balaban J connectivity index is 1.18. The molecule has 4 heterocycles. The Morgan fingerprint density at radius 2 is 1.82 bits per heavy atom. The van der Waals surface area contributed by atoms with Crippen molar-refractivity contribution >= 4 is 11.8 Å². The second-order valence-corrected chi connectivity index (χ2v) is 10.3. The molecule has 2 saturated heterocycles. The fourth-order valence-electron chi connectivity index (χ4n) is 5.83. The third-order valence-corrected chi connectivity index (χ3v) is 7.72. The van der Waals surface area contributed by atoms with E-state index in [0.717, 1.165) is 44.3 Å². The number of pyridine rings is 1. The van der Waals surface area contributed by atoms with Gasteiger partial charge in [0.05, 0.1) is 25.4 Å². The van der Waals surface area contributed by atoms with E-state index in [1.165, 1.54) is 25.4 Å². The molecule has 1 aromatic carbocycles. The lowest BCUT2D eigenvalue weighted by Gasteiger charge is -2.39. The van der Waals surface area contributed by atoms with Crippen LogP contribution in [0.2, 0.25) is 0 Å². The van der Waals surface area contributed by atoms with Gasteiger partial charge in [0.15, 0.2) is 0 Å². The van der Waals surface area contributed by atoms with E-state index in [2.05, 4.69) is 19.8 Å². The first-order chi connectivity index (χ1) is 18.8. The molecule has 2 unspecified atom stereocenters. The van der Waals surface area contributed by atoms with Crippen LogP contribution in [0.3, 0.4) is 0 Å². The quantitative estimate of drug-likeness (QED) is 0.319. The number of piperidine rings is 1. The summed E-state index contributed by atoms with van der Waals surface area (Å²) in [5.41, 5.74) is 1.64. The summed E-state index contributed by atoms with van der Waals surface area (Å²) in [6.45, 7) is 0.196. The van der Waals surface area contributed by atoms with Gasteiger partial charge in [0.25, 0.3) is 0 Å². The molecule has 3 fully saturated rings. The molecule has 0 N–H and O–H groups in total. The molecular formula is C28H28F3N3O5. The second kappa shape index (κ2) is 10.2. The third kappa shape index (κ3) is 5.32. The Kier molecular flexibility index (Phi) is 6.70. The predicted molar refractivity (Wildman–Crippen MR) is 133 cm³/mol. The van der Waals surface area contributed by atoms with Crippen LogP contribution >= 0.6 is 0 Å². The fourth-order valence-corrected chi connectivity index (χ4v) is 5.83. The Bertz CT molecular complexity index is 1320. The first-order valence-corrected chi connectivity index (χ1v) is 13.1. The Morgan fingerprint density at radius 3 is 2.46 bits per heavy atom. The number of halogens is 3. The molecule has 2 aromatic heterocycles. The molecule has 39 heavy (non-hydrogen) atoms. The standard InChI is InChI=1S/C28H28F3N3O5/c1-36-27(35)17-8-11-24(32-14-17)34-18-9-10-19(34)13-20(12-18)37-15-22-25(33-39-26(22)16-6-7-16)21-4-2-3-5-23(21)38-28(29,30)31/h2-5,8,11,14,16,18-20H,6-7,9-10,12-13,15H2,1H3/t18-,19?,20?/m0/s1. The second-order valence-electron chi connectivity index (χ2n) is 10.3. The molecule has 0 radical (unpaired) electrons. The highest BCUT2D eigenvalue weighted by atomic mass is 19.4. The van der Waals surface area contributed by atoms with Gasteiger partial charge < -0.3 is 23.6 Å². The molecule has 11 heteroatoms. The van der Waals surface area contributed by atoms with Crippen LogP contribution in [-0.4, -0.2) is 47.8 Å². The molecule has 3 aromatic rings. The number of carbonyl (C=O) groups is 1. The number of para-hydroxylation sites is 1. The van der Waals surface area contributed by atoms with Crippen LogP contribution < -0.4 is 9.64 Å². The maximum atomic E-state index is 13.1. The van der Waals surface area contributed by atoms with Gasteiger partial charge in [-0.3, -0.25) is 0 Å².